The van der Waals surface area contributed by atoms with Gasteiger partial charge in [-0.2, -0.15) is 0 Å². The number of hydrogen-bond donors (Lipinski definition) is 6. The van der Waals surface area contributed by atoms with Crippen molar-refractivity contribution in [3.63, 3.8) is 0 Å². The van der Waals surface area contributed by atoms with Crippen LogP contribution in [0.5, 0.6) is 0 Å². The summed E-state index contributed by atoms with van der Waals surface area (Å²) < 4.78 is 27.3. The van der Waals surface area contributed by atoms with Crippen molar-refractivity contribution >= 4 is 47.2 Å². The minimum atomic E-state index is -0.358. The van der Waals surface area contributed by atoms with Crippen molar-refractivity contribution in [3.8, 4) is 22.3 Å². The van der Waals surface area contributed by atoms with Gasteiger partial charge in [0.15, 0.2) is 11.6 Å². The van der Waals surface area contributed by atoms with Crippen molar-refractivity contribution in [2.75, 3.05) is 23.7 Å². The fourth-order valence-electron chi connectivity index (χ4n) is 10.7. The van der Waals surface area contributed by atoms with Crippen LogP contribution in [0.3, 0.4) is 0 Å². The fraction of sp³-hybridized carbons (Fsp3) is 0.300. The van der Waals surface area contributed by atoms with Crippen molar-refractivity contribution in [1.29, 1.82) is 0 Å². The third-order valence-electron chi connectivity index (χ3n) is 14.9. The Morgan fingerprint density at radius 3 is 1.41 bits per heavy atom. The predicted octanol–water partition coefficient (Wildman–Crippen LogP) is 11.7. The number of anilines is 2. The molecule has 14 heteroatoms. The average Bonchev–Trinajstić information content (AvgIpc) is 4.32. The largest absolute Gasteiger partial charge is 0.352 e. The highest BCUT2D eigenvalue weighted by Gasteiger charge is 2.40. The number of H-pyrrole nitrogens is 2. The van der Waals surface area contributed by atoms with Crippen molar-refractivity contribution in [2.24, 2.45) is 23.7 Å². The molecule has 2 saturated carbocycles. The minimum Gasteiger partial charge on any atom is -0.352 e. The number of ketones is 2. The van der Waals surface area contributed by atoms with E-state index in [0.717, 1.165) is 106 Å². The Hall–Kier alpha value is -8.00. The molecule has 376 valence electrons. The second-order valence-corrected chi connectivity index (χ2v) is 20.8. The average molecular weight is 993 g/mol. The summed E-state index contributed by atoms with van der Waals surface area (Å²) >= 11 is 0. The molecule has 2 aliphatic heterocycles. The summed E-state index contributed by atoms with van der Waals surface area (Å²) in [5, 5.41) is 12.9. The molecule has 4 aromatic heterocycles. The van der Waals surface area contributed by atoms with Gasteiger partial charge in [0.05, 0.1) is 22.5 Å². The molecular weight excluding hydrogens is 935 g/mol. The number of rotatable bonds is 12. The molecular formula is C60H58F2N8O4. The van der Waals surface area contributed by atoms with E-state index in [1.807, 2.05) is 60.7 Å². The van der Waals surface area contributed by atoms with Crippen LogP contribution in [0.25, 0.3) is 34.4 Å². The molecule has 6 N–H and O–H groups in total. The number of hydrogen-bond acceptors (Lipinski definition) is 8. The summed E-state index contributed by atoms with van der Waals surface area (Å²) in [7, 11) is 0. The third-order valence-corrected chi connectivity index (χ3v) is 14.9. The first-order chi connectivity index (χ1) is 35.9. The molecule has 6 aromatic rings. The SMILES string of the molecule is CC1CC(=O)C2=C(C1)Nc1[nH]cc(C(=O)NCC3CC3)c1C2/C=C/c1ccc(-c2cccc(F)c2)cn1.CC1CC(=O)C2=C(C1)Nc1[nH]cc(C(=O)NCC3CC3)c1C2/C=C/c1ccc(-c2cccc(F)c2)cn1. The van der Waals surface area contributed by atoms with Gasteiger partial charge < -0.3 is 31.2 Å². The van der Waals surface area contributed by atoms with E-state index in [1.54, 1.807) is 36.9 Å². The first kappa shape index (κ1) is 48.3. The van der Waals surface area contributed by atoms with Crippen LogP contribution < -0.4 is 21.3 Å². The van der Waals surface area contributed by atoms with Gasteiger partial charge in [0.25, 0.3) is 11.8 Å². The van der Waals surface area contributed by atoms with Crippen LogP contribution in [0.15, 0.2) is 132 Å². The Balaban J connectivity index is 0.000000159. The van der Waals surface area contributed by atoms with Gasteiger partial charge in [0, 0.05) is 107 Å². The standard InChI is InChI=1S/2C30H29FN4O2/c2*1-17-11-25-28(26(36)12-17)23(27-24(16-33-29(27)35-25)30(37)34-14-18-5-6-18)10-9-22-8-7-20(15-32-22)19-3-2-4-21(31)13-19/h2*2-4,7-10,13,15-18,23,33,35H,5-6,11-12,14H2,1H3,(H,34,37)/b2*10-9+. The molecule has 0 radical (unpaired) electrons. The van der Waals surface area contributed by atoms with E-state index < -0.39 is 0 Å². The smallest absolute Gasteiger partial charge is 0.253 e. The van der Waals surface area contributed by atoms with Gasteiger partial charge in [-0.3, -0.25) is 29.1 Å². The van der Waals surface area contributed by atoms with Crippen LogP contribution >= 0.6 is 0 Å². The Bertz CT molecular complexity index is 3080. The second kappa shape index (κ2) is 20.5. The maximum atomic E-state index is 13.6. The van der Waals surface area contributed by atoms with E-state index in [4.69, 9.17) is 0 Å². The zero-order valence-corrected chi connectivity index (χ0v) is 41.4. The zero-order chi connectivity index (χ0) is 51.0. The number of halogens is 2. The molecule has 12 rings (SSSR count). The normalized spacial score (nSPS) is 21.0. The van der Waals surface area contributed by atoms with Gasteiger partial charge >= 0.3 is 0 Å². The van der Waals surface area contributed by atoms with Crippen LogP contribution in [-0.2, 0) is 9.59 Å². The minimum absolute atomic E-state index is 0.112. The van der Waals surface area contributed by atoms with E-state index in [0.29, 0.717) is 60.3 Å². The maximum Gasteiger partial charge on any atom is 0.253 e. The number of nitrogens with zero attached hydrogens (tertiary/aromatic N) is 2. The first-order valence-corrected chi connectivity index (χ1v) is 25.8. The lowest BCUT2D eigenvalue weighted by Gasteiger charge is -2.33. The molecule has 2 aromatic carbocycles. The summed E-state index contributed by atoms with van der Waals surface area (Å²) in [6.45, 7) is 5.52. The molecule has 2 fully saturated rings. The summed E-state index contributed by atoms with van der Waals surface area (Å²) in [5.74, 6) is 1.89. The quantitative estimate of drug-likeness (QED) is 0.0703. The number of amides is 2. The van der Waals surface area contributed by atoms with Gasteiger partial charge in [-0.15, -0.1) is 0 Å². The lowest BCUT2D eigenvalue weighted by Crippen LogP contribution is -2.30. The Labute approximate surface area is 428 Å². The number of Topliss-reactive ketones (excluding diaryl/α,β-unsaturated/α-hetero) is 2. The van der Waals surface area contributed by atoms with Gasteiger partial charge in [-0.1, -0.05) is 62.4 Å². The molecule has 4 aliphatic carbocycles. The van der Waals surface area contributed by atoms with Crippen molar-refractivity contribution in [3.05, 3.63) is 178 Å². The first-order valence-electron chi connectivity index (χ1n) is 25.8. The zero-order valence-electron chi connectivity index (χ0n) is 41.4. The highest BCUT2D eigenvalue weighted by molar-refractivity contribution is 6.05. The van der Waals surface area contributed by atoms with Crippen LogP contribution in [0.4, 0.5) is 20.4 Å². The topological polar surface area (TPSA) is 174 Å². The monoisotopic (exact) mass is 992 g/mol. The molecule has 4 atom stereocenters. The van der Waals surface area contributed by atoms with Crippen molar-refractivity contribution < 1.29 is 28.0 Å². The van der Waals surface area contributed by atoms with Crippen molar-refractivity contribution in [1.82, 2.24) is 30.6 Å². The molecule has 6 aliphatic rings. The van der Waals surface area contributed by atoms with E-state index in [-0.39, 0.29) is 58.7 Å². The van der Waals surface area contributed by atoms with Crippen LogP contribution in [-0.4, -0.2) is 56.4 Å². The number of aromatic amines is 2. The highest BCUT2D eigenvalue weighted by Crippen LogP contribution is 2.47. The predicted molar refractivity (Wildman–Crippen MR) is 283 cm³/mol. The van der Waals surface area contributed by atoms with E-state index in [1.165, 1.54) is 24.3 Å². The third kappa shape index (κ3) is 10.4. The lowest BCUT2D eigenvalue weighted by atomic mass is 9.76. The van der Waals surface area contributed by atoms with Crippen LogP contribution in [0.1, 0.15) is 120 Å². The maximum absolute atomic E-state index is 13.6. The molecule has 0 saturated heterocycles. The van der Waals surface area contributed by atoms with E-state index in [9.17, 15) is 28.0 Å². The number of benzene rings is 2. The summed E-state index contributed by atoms with van der Waals surface area (Å²) in [6, 6.07) is 20.4. The van der Waals surface area contributed by atoms with Gasteiger partial charge in [0.2, 0.25) is 0 Å². The molecule has 6 heterocycles. The Morgan fingerprint density at radius 2 is 1.03 bits per heavy atom. The summed E-state index contributed by atoms with van der Waals surface area (Å²) in [6.07, 6.45) is 21.8. The number of fused-ring (bicyclic) bond motifs is 2. The number of carbonyl (C=O) groups excluding carboxylic acids is 4. The number of carbonyl (C=O) groups is 4. The lowest BCUT2D eigenvalue weighted by molar-refractivity contribution is -0.117. The van der Waals surface area contributed by atoms with Crippen LogP contribution in [0.2, 0.25) is 0 Å². The fourth-order valence-corrected chi connectivity index (χ4v) is 10.7. The van der Waals surface area contributed by atoms with Crippen molar-refractivity contribution in [2.45, 2.75) is 77.0 Å². The number of nitrogens with one attached hydrogen (secondary N) is 6. The molecule has 2 amide bonds. The molecule has 12 nitrogen and oxygen atoms in total. The summed E-state index contributed by atoms with van der Waals surface area (Å²) in [5.41, 5.74) is 10.6. The van der Waals surface area contributed by atoms with E-state index in [2.05, 4.69) is 55.1 Å². The van der Waals surface area contributed by atoms with Crippen LogP contribution in [0, 0.1) is 35.3 Å². The molecule has 0 spiro atoms. The second-order valence-electron chi connectivity index (χ2n) is 20.8. The van der Waals surface area contributed by atoms with E-state index >= 15 is 0 Å². The molecule has 0 bridgehead atoms. The molecule has 74 heavy (non-hydrogen) atoms. The van der Waals surface area contributed by atoms with Gasteiger partial charge in [0.1, 0.15) is 23.3 Å². The highest BCUT2D eigenvalue weighted by atomic mass is 19.1. The summed E-state index contributed by atoms with van der Waals surface area (Å²) in [4.78, 5) is 68.2. The number of allylic oxidation sites excluding steroid dienone is 6. The van der Waals surface area contributed by atoms with Gasteiger partial charge in [-0.25, -0.2) is 8.78 Å². The Morgan fingerprint density at radius 1 is 0.595 bits per heavy atom. The molecule has 4 unspecified atom stereocenters. The Kier molecular flexibility index (Phi) is 13.4. The number of aromatic nitrogens is 4. The number of pyridine rings is 2. The van der Waals surface area contributed by atoms with Gasteiger partial charge in [-0.05, 0) is 122 Å².